The molecule has 1 aliphatic heterocycles. The fourth-order valence-electron chi connectivity index (χ4n) is 2.76. The van der Waals surface area contributed by atoms with Gasteiger partial charge in [-0.1, -0.05) is 20.3 Å². The Morgan fingerprint density at radius 1 is 1.29 bits per heavy atom. The van der Waals surface area contributed by atoms with Gasteiger partial charge in [-0.15, -0.1) is 0 Å². The zero-order chi connectivity index (χ0) is 15.5. The van der Waals surface area contributed by atoms with Crippen LogP contribution >= 0.6 is 0 Å². The van der Waals surface area contributed by atoms with Gasteiger partial charge in [-0.2, -0.15) is 0 Å². The highest BCUT2D eigenvalue weighted by molar-refractivity contribution is 4.80. The normalized spacial score (nSPS) is 21.9. The maximum Gasteiger partial charge on any atom is 0.0900 e. The van der Waals surface area contributed by atoms with Crippen molar-refractivity contribution in [2.75, 3.05) is 53.1 Å². The van der Waals surface area contributed by atoms with Gasteiger partial charge in [-0.25, -0.2) is 0 Å². The fraction of sp³-hybridized carbons (Fsp3) is 1.00. The quantitative estimate of drug-likeness (QED) is 0.560. The molecule has 1 saturated heterocycles. The van der Waals surface area contributed by atoms with Crippen LogP contribution in [0.4, 0.5) is 0 Å². The molecule has 1 heterocycles. The maximum absolute atomic E-state index is 10.1. The van der Waals surface area contributed by atoms with E-state index >= 15 is 0 Å². The smallest absolute Gasteiger partial charge is 0.0900 e. The fourth-order valence-corrected chi connectivity index (χ4v) is 2.76. The molecule has 0 aromatic heterocycles. The summed E-state index contributed by atoms with van der Waals surface area (Å²) in [4.78, 5) is 2.42. The molecule has 0 saturated carbocycles. The number of piperidine rings is 1. The van der Waals surface area contributed by atoms with Crippen molar-refractivity contribution in [3.05, 3.63) is 0 Å². The molecule has 1 fully saturated rings. The lowest BCUT2D eigenvalue weighted by molar-refractivity contribution is -0.0108. The van der Waals surface area contributed by atoms with E-state index in [4.69, 9.17) is 9.47 Å². The lowest BCUT2D eigenvalue weighted by Gasteiger charge is -2.37. The minimum Gasteiger partial charge on any atom is -0.389 e. The van der Waals surface area contributed by atoms with Crippen LogP contribution in [0.5, 0.6) is 0 Å². The standard InChI is InChI=1S/C16H34N2O3/c1-14(2)10-17-11-15-6-4-5-7-18(15)12-16(19)13-21-9-8-20-3/h14-17,19H,4-13H2,1-3H3. The molecular weight excluding hydrogens is 268 g/mol. The summed E-state index contributed by atoms with van der Waals surface area (Å²) in [5.41, 5.74) is 0. The minimum atomic E-state index is -0.410. The summed E-state index contributed by atoms with van der Waals surface area (Å²) in [5.74, 6) is 0.682. The molecule has 2 unspecified atom stereocenters. The maximum atomic E-state index is 10.1. The number of rotatable bonds is 11. The van der Waals surface area contributed by atoms with Crippen molar-refractivity contribution < 1.29 is 14.6 Å². The Hall–Kier alpha value is -0.200. The van der Waals surface area contributed by atoms with Crippen LogP contribution in [0, 0.1) is 5.92 Å². The number of β-amino-alcohol motifs (C(OH)–C–C–N with tert-alkyl or cyclic N) is 1. The van der Waals surface area contributed by atoms with Gasteiger partial charge in [0.15, 0.2) is 0 Å². The predicted molar refractivity (Wildman–Crippen MR) is 85.6 cm³/mol. The largest absolute Gasteiger partial charge is 0.389 e. The van der Waals surface area contributed by atoms with Crippen molar-refractivity contribution in [3.63, 3.8) is 0 Å². The Morgan fingerprint density at radius 2 is 2.10 bits per heavy atom. The van der Waals surface area contributed by atoms with Gasteiger partial charge in [0.05, 0.1) is 25.9 Å². The molecule has 2 N–H and O–H groups in total. The van der Waals surface area contributed by atoms with Crippen LogP contribution in [0.1, 0.15) is 33.1 Å². The Labute approximate surface area is 130 Å². The highest BCUT2D eigenvalue weighted by atomic mass is 16.5. The van der Waals surface area contributed by atoms with E-state index in [1.807, 2.05) is 0 Å². The summed E-state index contributed by atoms with van der Waals surface area (Å²) >= 11 is 0. The van der Waals surface area contributed by atoms with Crippen LogP contribution in [-0.4, -0.2) is 75.3 Å². The van der Waals surface area contributed by atoms with Crippen molar-refractivity contribution in [1.29, 1.82) is 0 Å². The third-order valence-electron chi connectivity index (χ3n) is 3.87. The van der Waals surface area contributed by atoms with Crippen LogP contribution in [0.25, 0.3) is 0 Å². The van der Waals surface area contributed by atoms with E-state index in [-0.39, 0.29) is 0 Å². The first kappa shape index (κ1) is 18.8. The molecule has 126 valence electrons. The van der Waals surface area contributed by atoms with Crippen molar-refractivity contribution in [3.8, 4) is 0 Å². The SMILES string of the molecule is COCCOCC(O)CN1CCCCC1CNCC(C)C. The number of hydrogen-bond donors (Lipinski definition) is 2. The molecule has 5 heteroatoms. The van der Waals surface area contributed by atoms with Crippen LogP contribution in [0.3, 0.4) is 0 Å². The number of hydrogen-bond acceptors (Lipinski definition) is 5. The van der Waals surface area contributed by atoms with Gasteiger partial charge >= 0.3 is 0 Å². The molecule has 2 atom stereocenters. The predicted octanol–water partition coefficient (Wildman–Crippen LogP) is 1.11. The van der Waals surface area contributed by atoms with Gasteiger partial charge < -0.3 is 19.9 Å². The molecule has 0 radical (unpaired) electrons. The van der Waals surface area contributed by atoms with Gasteiger partial charge in [0, 0.05) is 26.2 Å². The second-order valence-corrected chi connectivity index (χ2v) is 6.42. The molecule has 0 aliphatic carbocycles. The van der Waals surface area contributed by atoms with Gasteiger partial charge in [0.1, 0.15) is 0 Å². The third-order valence-corrected chi connectivity index (χ3v) is 3.87. The number of nitrogens with zero attached hydrogens (tertiary/aromatic N) is 1. The number of ether oxygens (including phenoxy) is 2. The van der Waals surface area contributed by atoms with E-state index < -0.39 is 6.10 Å². The number of aliphatic hydroxyl groups excluding tert-OH is 1. The van der Waals surface area contributed by atoms with E-state index in [1.165, 1.54) is 19.3 Å². The van der Waals surface area contributed by atoms with Crippen molar-refractivity contribution in [1.82, 2.24) is 10.2 Å². The van der Waals surface area contributed by atoms with Gasteiger partial charge in [-0.05, 0) is 31.8 Å². The average Bonchev–Trinajstić information content (AvgIpc) is 2.45. The van der Waals surface area contributed by atoms with Crippen LogP contribution in [0.15, 0.2) is 0 Å². The molecule has 0 bridgehead atoms. The third kappa shape index (κ3) is 8.73. The summed E-state index contributed by atoms with van der Waals surface area (Å²) < 4.78 is 10.3. The van der Waals surface area contributed by atoms with E-state index in [0.29, 0.717) is 38.3 Å². The number of nitrogens with one attached hydrogen (secondary N) is 1. The van der Waals surface area contributed by atoms with Crippen LogP contribution in [-0.2, 0) is 9.47 Å². The van der Waals surface area contributed by atoms with E-state index in [2.05, 4.69) is 24.1 Å². The van der Waals surface area contributed by atoms with E-state index in [1.54, 1.807) is 7.11 Å². The molecule has 0 spiro atoms. The molecule has 0 aromatic rings. The summed E-state index contributed by atoms with van der Waals surface area (Å²) in [6.45, 7) is 9.86. The average molecular weight is 302 g/mol. The molecule has 0 aromatic carbocycles. The van der Waals surface area contributed by atoms with Crippen molar-refractivity contribution in [2.24, 2.45) is 5.92 Å². The first-order valence-corrected chi connectivity index (χ1v) is 8.33. The zero-order valence-electron chi connectivity index (χ0n) is 14.0. The Balaban J connectivity index is 2.24. The van der Waals surface area contributed by atoms with Gasteiger partial charge in [0.25, 0.3) is 0 Å². The Kier molecular flexibility index (Phi) is 10.2. The highest BCUT2D eigenvalue weighted by Crippen LogP contribution is 2.16. The first-order valence-electron chi connectivity index (χ1n) is 8.33. The lowest BCUT2D eigenvalue weighted by Crippen LogP contribution is -2.49. The van der Waals surface area contributed by atoms with Crippen LogP contribution < -0.4 is 5.32 Å². The Bertz CT molecular complexity index is 252. The minimum absolute atomic E-state index is 0.395. The molecular formula is C16H34N2O3. The van der Waals surface area contributed by atoms with Crippen LogP contribution in [0.2, 0.25) is 0 Å². The monoisotopic (exact) mass is 302 g/mol. The molecule has 1 aliphatic rings. The summed E-state index contributed by atoms with van der Waals surface area (Å²) in [5, 5.41) is 13.7. The number of methoxy groups -OCH3 is 1. The van der Waals surface area contributed by atoms with Gasteiger partial charge in [-0.3, -0.25) is 4.90 Å². The molecule has 0 amide bonds. The second kappa shape index (κ2) is 11.4. The number of likely N-dealkylation sites (tertiary alicyclic amines) is 1. The molecule has 21 heavy (non-hydrogen) atoms. The van der Waals surface area contributed by atoms with Crippen molar-refractivity contribution in [2.45, 2.75) is 45.3 Å². The second-order valence-electron chi connectivity index (χ2n) is 6.42. The summed E-state index contributed by atoms with van der Waals surface area (Å²) in [6.07, 6.45) is 3.35. The van der Waals surface area contributed by atoms with Gasteiger partial charge in [0.2, 0.25) is 0 Å². The van der Waals surface area contributed by atoms with E-state index in [0.717, 1.165) is 19.6 Å². The van der Waals surface area contributed by atoms with Crippen molar-refractivity contribution >= 4 is 0 Å². The molecule has 1 rings (SSSR count). The summed E-state index contributed by atoms with van der Waals surface area (Å²) in [7, 11) is 1.66. The lowest BCUT2D eigenvalue weighted by atomic mass is 10.0. The number of aliphatic hydroxyl groups is 1. The topological polar surface area (TPSA) is 54.0 Å². The highest BCUT2D eigenvalue weighted by Gasteiger charge is 2.24. The molecule has 5 nitrogen and oxygen atoms in total. The Morgan fingerprint density at radius 3 is 2.81 bits per heavy atom. The first-order chi connectivity index (χ1) is 10.1. The van der Waals surface area contributed by atoms with E-state index in [9.17, 15) is 5.11 Å². The zero-order valence-corrected chi connectivity index (χ0v) is 14.0. The summed E-state index contributed by atoms with van der Waals surface area (Å²) in [6, 6.07) is 0.547.